The lowest BCUT2D eigenvalue weighted by Gasteiger charge is -2.03. The Morgan fingerprint density at radius 2 is 2.21 bits per heavy atom. The van der Waals surface area contributed by atoms with Gasteiger partial charge in [0.15, 0.2) is 6.29 Å². The van der Waals surface area contributed by atoms with E-state index in [4.69, 9.17) is 0 Å². The molecule has 4 heteroatoms. The van der Waals surface area contributed by atoms with Crippen LogP contribution in [0.15, 0.2) is 29.2 Å². The van der Waals surface area contributed by atoms with Crippen LogP contribution in [0.1, 0.15) is 16.1 Å². The van der Waals surface area contributed by atoms with Gasteiger partial charge in [-0.3, -0.25) is 14.0 Å². The molecule has 0 aliphatic carbocycles. The maximum Gasteiger partial charge on any atom is 0.268 e. The number of aromatic nitrogens is 2. The molecule has 2 aromatic rings. The third-order valence-electron chi connectivity index (χ3n) is 2.08. The summed E-state index contributed by atoms with van der Waals surface area (Å²) in [7, 11) is 0. The number of hydrogen-bond acceptors (Lipinski definition) is 3. The van der Waals surface area contributed by atoms with Gasteiger partial charge in [0.1, 0.15) is 5.65 Å². The van der Waals surface area contributed by atoms with E-state index in [1.54, 1.807) is 19.1 Å². The molecule has 0 amide bonds. The highest BCUT2D eigenvalue weighted by molar-refractivity contribution is 5.73. The summed E-state index contributed by atoms with van der Waals surface area (Å²) in [5.74, 6) is 0. The molecule has 14 heavy (non-hydrogen) atoms. The highest BCUT2D eigenvalue weighted by Crippen LogP contribution is 2.00. The standard InChI is InChI=1S/C10H8N2O2/c1-7-3-2-4-9-11-5-8(6-13)10(14)12(7)9/h2-6H,1H3. The maximum atomic E-state index is 11.7. The van der Waals surface area contributed by atoms with Crippen LogP contribution in [0, 0.1) is 6.92 Å². The van der Waals surface area contributed by atoms with E-state index >= 15 is 0 Å². The van der Waals surface area contributed by atoms with Crippen molar-refractivity contribution in [2.45, 2.75) is 6.92 Å². The smallest absolute Gasteiger partial charge is 0.268 e. The van der Waals surface area contributed by atoms with Crippen molar-refractivity contribution in [1.82, 2.24) is 9.38 Å². The molecule has 2 aromatic heterocycles. The summed E-state index contributed by atoms with van der Waals surface area (Å²) in [6.07, 6.45) is 1.82. The Balaban J connectivity index is 3.01. The van der Waals surface area contributed by atoms with Gasteiger partial charge in [-0.05, 0) is 19.1 Å². The highest BCUT2D eigenvalue weighted by atomic mass is 16.1. The molecule has 0 unspecified atom stereocenters. The van der Waals surface area contributed by atoms with Crippen LogP contribution in [0.3, 0.4) is 0 Å². The Hall–Kier alpha value is -1.97. The topological polar surface area (TPSA) is 51.4 Å². The largest absolute Gasteiger partial charge is 0.298 e. The van der Waals surface area contributed by atoms with Gasteiger partial charge in [-0.25, -0.2) is 4.98 Å². The molecule has 0 fully saturated rings. The van der Waals surface area contributed by atoms with Gasteiger partial charge in [-0.15, -0.1) is 0 Å². The average molecular weight is 188 g/mol. The fourth-order valence-electron chi connectivity index (χ4n) is 1.37. The van der Waals surface area contributed by atoms with Crippen molar-refractivity contribution in [2.75, 3.05) is 0 Å². The van der Waals surface area contributed by atoms with E-state index in [0.29, 0.717) is 11.9 Å². The predicted molar refractivity (Wildman–Crippen MR) is 51.6 cm³/mol. The molecule has 2 heterocycles. The Kier molecular flexibility index (Phi) is 1.89. The maximum absolute atomic E-state index is 11.7. The second-order valence-electron chi connectivity index (χ2n) is 3.00. The Morgan fingerprint density at radius 1 is 1.43 bits per heavy atom. The number of aryl methyl sites for hydroxylation is 1. The van der Waals surface area contributed by atoms with Crippen molar-refractivity contribution in [3.05, 3.63) is 46.0 Å². The number of pyridine rings is 1. The van der Waals surface area contributed by atoms with Crippen LogP contribution in [0.4, 0.5) is 0 Å². The predicted octanol–water partition coefficient (Wildman–Crippen LogP) is 0.815. The molecular formula is C10H8N2O2. The monoisotopic (exact) mass is 188 g/mol. The number of nitrogens with zero attached hydrogens (tertiary/aromatic N) is 2. The molecular weight excluding hydrogens is 180 g/mol. The third-order valence-corrected chi connectivity index (χ3v) is 2.08. The lowest BCUT2D eigenvalue weighted by Crippen LogP contribution is -2.20. The molecule has 0 aliphatic heterocycles. The van der Waals surface area contributed by atoms with E-state index in [-0.39, 0.29) is 11.1 Å². The zero-order valence-electron chi connectivity index (χ0n) is 7.60. The second kappa shape index (κ2) is 3.06. The second-order valence-corrected chi connectivity index (χ2v) is 3.00. The van der Waals surface area contributed by atoms with E-state index in [1.165, 1.54) is 10.6 Å². The van der Waals surface area contributed by atoms with E-state index < -0.39 is 0 Å². The van der Waals surface area contributed by atoms with E-state index in [2.05, 4.69) is 4.98 Å². The molecule has 0 aromatic carbocycles. The zero-order chi connectivity index (χ0) is 10.1. The molecule has 0 N–H and O–H groups in total. The first-order valence-electron chi connectivity index (χ1n) is 4.16. The van der Waals surface area contributed by atoms with Gasteiger partial charge >= 0.3 is 0 Å². The normalized spacial score (nSPS) is 10.4. The van der Waals surface area contributed by atoms with Gasteiger partial charge in [0.25, 0.3) is 5.56 Å². The van der Waals surface area contributed by atoms with Crippen LogP contribution >= 0.6 is 0 Å². The number of carbonyl (C=O) groups excluding carboxylic acids is 1. The van der Waals surface area contributed by atoms with Crippen molar-refractivity contribution >= 4 is 11.9 Å². The molecule has 0 bridgehead atoms. The van der Waals surface area contributed by atoms with Gasteiger partial charge < -0.3 is 0 Å². The summed E-state index contributed by atoms with van der Waals surface area (Å²) in [6, 6.07) is 5.34. The lowest BCUT2D eigenvalue weighted by atomic mass is 10.3. The summed E-state index contributed by atoms with van der Waals surface area (Å²) in [4.78, 5) is 26.2. The first kappa shape index (κ1) is 8.62. The molecule has 0 radical (unpaired) electrons. The van der Waals surface area contributed by atoms with Crippen LogP contribution in [0.5, 0.6) is 0 Å². The Labute approximate surface area is 79.8 Å². The van der Waals surface area contributed by atoms with E-state index in [9.17, 15) is 9.59 Å². The van der Waals surface area contributed by atoms with Gasteiger partial charge in [0.2, 0.25) is 0 Å². The van der Waals surface area contributed by atoms with Gasteiger partial charge in [0.05, 0.1) is 5.56 Å². The van der Waals surface area contributed by atoms with Crippen LogP contribution in [-0.2, 0) is 0 Å². The first-order chi connectivity index (χ1) is 6.74. The quantitative estimate of drug-likeness (QED) is 0.622. The fraction of sp³-hybridized carbons (Fsp3) is 0.100. The van der Waals surface area contributed by atoms with Crippen LogP contribution in [-0.4, -0.2) is 15.7 Å². The van der Waals surface area contributed by atoms with Gasteiger partial charge in [-0.1, -0.05) is 6.07 Å². The van der Waals surface area contributed by atoms with E-state index in [0.717, 1.165) is 5.69 Å². The fourth-order valence-corrected chi connectivity index (χ4v) is 1.37. The summed E-state index contributed by atoms with van der Waals surface area (Å²) >= 11 is 0. The molecule has 0 aliphatic rings. The van der Waals surface area contributed by atoms with E-state index in [1.807, 2.05) is 6.07 Å². The number of fused-ring (bicyclic) bond motifs is 1. The van der Waals surface area contributed by atoms with Crippen LogP contribution in [0.2, 0.25) is 0 Å². The molecule has 0 spiro atoms. The minimum absolute atomic E-state index is 0.0804. The Morgan fingerprint density at radius 3 is 2.93 bits per heavy atom. The highest BCUT2D eigenvalue weighted by Gasteiger charge is 2.04. The minimum atomic E-state index is -0.317. The number of rotatable bonds is 1. The van der Waals surface area contributed by atoms with Crippen LogP contribution < -0.4 is 5.56 Å². The van der Waals surface area contributed by atoms with Crippen molar-refractivity contribution < 1.29 is 4.79 Å². The molecule has 0 saturated heterocycles. The first-order valence-corrected chi connectivity index (χ1v) is 4.16. The van der Waals surface area contributed by atoms with Crippen LogP contribution in [0.25, 0.3) is 5.65 Å². The summed E-state index contributed by atoms with van der Waals surface area (Å²) < 4.78 is 1.42. The van der Waals surface area contributed by atoms with Crippen molar-refractivity contribution in [3.8, 4) is 0 Å². The number of aldehydes is 1. The summed E-state index contributed by atoms with van der Waals surface area (Å²) in [5.41, 5.74) is 1.09. The minimum Gasteiger partial charge on any atom is -0.298 e. The zero-order valence-corrected chi connectivity index (χ0v) is 7.60. The van der Waals surface area contributed by atoms with Crippen molar-refractivity contribution in [3.63, 3.8) is 0 Å². The third kappa shape index (κ3) is 1.12. The van der Waals surface area contributed by atoms with Gasteiger partial charge in [-0.2, -0.15) is 0 Å². The van der Waals surface area contributed by atoms with Crippen molar-refractivity contribution in [1.29, 1.82) is 0 Å². The van der Waals surface area contributed by atoms with Crippen molar-refractivity contribution in [2.24, 2.45) is 0 Å². The molecule has 0 atom stereocenters. The Bertz CT molecular complexity index is 558. The summed E-state index contributed by atoms with van der Waals surface area (Å²) in [5, 5.41) is 0. The molecule has 2 rings (SSSR count). The summed E-state index contributed by atoms with van der Waals surface area (Å²) in [6.45, 7) is 1.80. The average Bonchev–Trinajstić information content (AvgIpc) is 2.18. The molecule has 0 saturated carbocycles. The molecule has 4 nitrogen and oxygen atoms in total. The SMILES string of the molecule is Cc1cccc2ncc(C=O)c(=O)n12. The lowest BCUT2D eigenvalue weighted by molar-refractivity contribution is 0.112. The number of hydrogen-bond donors (Lipinski definition) is 0. The molecule has 70 valence electrons. The number of carbonyl (C=O) groups is 1. The van der Waals surface area contributed by atoms with Gasteiger partial charge in [0, 0.05) is 11.9 Å².